The Kier molecular flexibility index (Phi) is 16.0. The van der Waals surface area contributed by atoms with Crippen LogP contribution in [0.15, 0.2) is 4.99 Å². The van der Waals surface area contributed by atoms with Gasteiger partial charge in [-0.1, -0.05) is 0 Å². The average molecular weight is 419 g/mol. The third-order valence-corrected chi connectivity index (χ3v) is 3.90. The molecule has 0 saturated heterocycles. The van der Waals surface area contributed by atoms with Crippen LogP contribution in [0.1, 0.15) is 20.3 Å². The van der Waals surface area contributed by atoms with Gasteiger partial charge in [-0.05, 0) is 26.5 Å². The number of nitrogens with one attached hydrogen (secondary N) is 2. The summed E-state index contributed by atoms with van der Waals surface area (Å²) in [4.78, 5) is 4.20. The van der Waals surface area contributed by atoms with Crippen LogP contribution in [0.2, 0.25) is 0 Å². The molecule has 0 aromatic carbocycles. The molecule has 0 spiro atoms. The molecule has 20 heavy (non-hydrogen) atoms. The van der Waals surface area contributed by atoms with E-state index in [4.69, 9.17) is 9.47 Å². The van der Waals surface area contributed by atoms with E-state index in [9.17, 15) is 0 Å². The first-order valence-electron chi connectivity index (χ1n) is 6.62. The highest BCUT2D eigenvalue weighted by Crippen LogP contribution is 2.19. The van der Waals surface area contributed by atoms with Gasteiger partial charge in [-0.15, -0.1) is 24.0 Å². The molecule has 0 heterocycles. The molecule has 0 aliphatic heterocycles. The van der Waals surface area contributed by atoms with Crippen molar-refractivity contribution in [2.75, 3.05) is 53.3 Å². The fourth-order valence-corrected chi connectivity index (χ4v) is 1.43. The standard InChI is InChI=1S/C13H29N3O2S.HI/c1-13(2,19-5)11-16-12(14-3)15-7-6-8-18-10-9-17-4;/h6-11H2,1-5H3,(H2,14,15,16);1H. The van der Waals surface area contributed by atoms with E-state index < -0.39 is 0 Å². The molecule has 0 radical (unpaired) electrons. The molecule has 7 heteroatoms. The molecule has 0 aromatic heterocycles. The molecule has 0 amide bonds. The topological polar surface area (TPSA) is 54.9 Å². The van der Waals surface area contributed by atoms with Gasteiger partial charge in [-0.3, -0.25) is 4.99 Å². The molecule has 0 aromatic rings. The van der Waals surface area contributed by atoms with Crippen molar-refractivity contribution < 1.29 is 9.47 Å². The Morgan fingerprint density at radius 2 is 1.90 bits per heavy atom. The summed E-state index contributed by atoms with van der Waals surface area (Å²) in [6, 6.07) is 0. The number of nitrogens with zero attached hydrogens (tertiary/aromatic N) is 1. The summed E-state index contributed by atoms with van der Waals surface area (Å²) in [5.74, 6) is 0.846. The molecule has 122 valence electrons. The second kappa shape index (κ2) is 14.2. The molecular weight excluding hydrogens is 389 g/mol. The SMILES string of the molecule is CN=C(NCCCOCCOC)NCC(C)(C)SC.I. The van der Waals surface area contributed by atoms with E-state index >= 15 is 0 Å². The van der Waals surface area contributed by atoms with Crippen LogP contribution in [-0.4, -0.2) is 64.0 Å². The largest absolute Gasteiger partial charge is 0.382 e. The van der Waals surface area contributed by atoms with Crippen molar-refractivity contribution >= 4 is 41.7 Å². The average Bonchev–Trinajstić information content (AvgIpc) is 2.41. The van der Waals surface area contributed by atoms with Gasteiger partial charge in [0.15, 0.2) is 5.96 Å². The lowest BCUT2D eigenvalue weighted by Gasteiger charge is -2.23. The van der Waals surface area contributed by atoms with Gasteiger partial charge < -0.3 is 20.1 Å². The van der Waals surface area contributed by atoms with E-state index in [1.165, 1.54) is 0 Å². The highest BCUT2D eigenvalue weighted by Gasteiger charge is 2.15. The van der Waals surface area contributed by atoms with Gasteiger partial charge in [0.1, 0.15) is 0 Å². The number of hydrogen-bond acceptors (Lipinski definition) is 4. The lowest BCUT2D eigenvalue weighted by atomic mass is 10.2. The highest BCUT2D eigenvalue weighted by atomic mass is 127. The van der Waals surface area contributed by atoms with E-state index in [0.717, 1.165) is 32.1 Å². The van der Waals surface area contributed by atoms with Crippen molar-refractivity contribution in [3.63, 3.8) is 0 Å². The maximum absolute atomic E-state index is 5.39. The number of guanidine groups is 1. The Balaban J connectivity index is 0. The zero-order valence-corrected chi connectivity index (χ0v) is 16.5. The monoisotopic (exact) mass is 419 g/mol. The molecule has 0 bridgehead atoms. The zero-order valence-electron chi connectivity index (χ0n) is 13.3. The van der Waals surface area contributed by atoms with Crippen LogP contribution < -0.4 is 10.6 Å². The first kappa shape index (κ1) is 22.5. The van der Waals surface area contributed by atoms with Crippen molar-refractivity contribution in [3.8, 4) is 0 Å². The Morgan fingerprint density at radius 3 is 2.45 bits per heavy atom. The normalized spacial score (nSPS) is 11.9. The predicted octanol–water partition coefficient (Wildman–Crippen LogP) is 1.96. The highest BCUT2D eigenvalue weighted by molar-refractivity contribution is 14.0. The van der Waals surface area contributed by atoms with Gasteiger partial charge >= 0.3 is 0 Å². The summed E-state index contributed by atoms with van der Waals surface area (Å²) >= 11 is 1.84. The molecule has 0 aliphatic carbocycles. The van der Waals surface area contributed by atoms with Crippen molar-refractivity contribution in [2.24, 2.45) is 4.99 Å². The molecule has 0 fully saturated rings. The minimum Gasteiger partial charge on any atom is -0.382 e. The van der Waals surface area contributed by atoms with Gasteiger partial charge in [-0.25, -0.2) is 0 Å². The number of hydrogen-bond donors (Lipinski definition) is 2. The zero-order chi connectivity index (χ0) is 14.6. The number of ether oxygens (including phenoxy) is 2. The summed E-state index contributed by atoms with van der Waals surface area (Å²) < 4.78 is 10.5. The van der Waals surface area contributed by atoms with Gasteiger partial charge in [-0.2, -0.15) is 11.8 Å². The van der Waals surface area contributed by atoms with E-state index in [-0.39, 0.29) is 28.7 Å². The Hall–Kier alpha value is 0.270. The van der Waals surface area contributed by atoms with E-state index in [1.807, 2.05) is 11.8 Å². The van der Waals surface area contributed by atoms with Crippen molar-refractivity contribution in [3.05, 3.63) is 0 Å². The van der Waals surface area contributed by atoms with Gasteiger partial charge in [0, 0.05) is 38.6 Å². The van der Waals surface area contributed by atoms with Crippen LogP contribution in [0, 0.1) is 0 Å². The first-order valence-corrected chi connectivity index (χ1v) is 7.84. The molecule has 2 N–H and O–H groups in total. The van der Waals surface area contributed by atoms with E-state index in [1.54, 1.807) is 14.2 Å². The number of aliphatic imine (C=N–C) groups is 1. The molecule has 5 nitrogen and oxygen atoms in total. The third kappa shape index (κ3) is 13.3. The van der Waals surface area contributed by atoms with Crippen molar-refractivity contribution in [1.82, 2.24) is 10.6 Å². The lowest BCUT2D eigenvalue weighted by Crippen LogP contribution is -2.43. The summed E-state index contributed by atoms with van der Waals surface area (Å²) in [6.07, 6.45) is 3.07. The molecule has 0 saturated carbocycles. The number of thioether (sulfide) groups is 1. The van der Waals surface area contributed by atoms with Gasteiger partial charge in [0.2, 0.25) is 0 Å². The minimum absolute atomic E-state index is 0. The van der Waals surface area contributed by atoms with E-state index in [0.29, 0.717) is 13.2 Å². The second-order valence-electron chi connectivity index (χ2n) is 4.78. The molecule has 0 unspecified atom stereocenters. The summed E-state index contributed by atoms with van der Waals surface area (Å²) in [6.45, 7) is 8.21. The van der Waals surface area contributed by atoms with Crippen molar-refractivity contribution in [2.45, 2.75) is 25.0 Å². The molecule has 0 atom stereocenters. The first-order chi connectivity index (χ1) is 9.05. The maximum Gasteiger partial charge on any atom is 0.191 e. The van der Waals surface area contributed by atoms with Crippen LogP contribution >= 0.6 is 35.7 Å². The number of rotatable bonds is 10. The minimum atomic E-state index is 0. The predicted molar refractivity (Wildman–Crippen MR) is 99.7 cm³/mol. The molecule has 0 aliphatic rings. The maximum atomic E-state index is 5.39. The van der Waals surface area contributed by atoms with E-state index in [2.05, 4.69) is 35.7 Å². The van der Waals surface area contributed by atoms with Crippen molar-refractivity contribution in [1.29, 1.82) is 0 Å². The Morgan fingerprint density at radius 1 is 1.20 bits per heavy atom. The van der Waals surface area contributed by atoms with Crippen LogP contribution in [0.3, 0.4) is 0 Å². The Labute approximate surface area is 145 Å². The fraction of sp³-hybridized carbons (Fsp3) is 0.923. The van der Waals surface area contributed by atoms with Crippen LogP contribution in [0.25, 0.3) is 0 Å². The summed E-state index contributed by atoms with van der Waals surface area (Å²) in [5, 5.41) is 6.60. The number of halogens is 1. The summed E-state index contributed by atoms with van der Waals surface area (Å²) in [5.41, 5.74) is 0. The molecular formula is C13H30IN3O2S. The molecule has 0 rings (SSSR count). The quantitative estimate of drug-likeness (QED) is 0.246. The summed E-state index contributed by atoms with van der Waals surface area (Å²) in [7, 11) is 3.47. The number of methoxy groups -OCH3 is 1. The smallest absolute Gasteiger partial charge is 0.191 e. The lowest BCUT2D eigenvalue weighted by molar-refractivity contribution is 0.0698. The van der Waals surface area contributed by atoms with Crippen LogP contribution in [-0.2, 0) is 9.47 Å². The third-order valence-electron chi connectivity index (χ3n) is 2.65. The van der Waals surface area contributed by atoms with Gasteiger partial charge in [0.25, 0.3) is 0 Å². The van der Waals surface area contributed by atoms with Crippen LogP contribution in [0.4, 0.5) is 0 Å². The Bertz CT molecular complexity index is 254. The fourth-order valence-electron chi connectivity index (χ4n) is 1.21. The van der Waals surface area contributed by atoms with Crippen LogP contribution in [0.5, 0.6) is 0 Å². The second-order valence-corrected chi connectivity index (χ2v) is 6.29. The van der Waals surface area contributed by atoms with Gasteiger partial charge in [0.05, 0.1) is 13.2 Å².